The number of likely N-dealkylation sites (tertiary alicyclic amines) is 1. The minimum absolute atomic E-state index is 0.0112. The molecule has 2 saturated heterocycles. The molecule has 0 radical (unpaired) electrons. The highest BCUT2D eigenvalue weighted by Crippen LogP contribution is 2.19. The second kappa shape index (κ2) is 5.03. The van der Waals surface area contributed by atoms with Crippen LogP contribution in [0.3, 0.4) is 0 Å². The van der Waals surface area contributed by atoms with Gasteiger partial charge in [-0.25, -0.2) is 4.79 Å². The number of β-amino-alcohol motifs (C(OH)–C–C–N with tert-alkyl or cyclic N) is 1. The summed E-state index contributed by atoms with van der Waals surface area (Å²) in [4.78, 5) is 13.3. The van der Waals surface area contributed by atoms with Crippen molar-refractivity contribution >= 4 is 6.09 Å². The zero-order valence-corrected chi connectivity index (χ0v) is 11.2. The Labute approximate surface area is 107 Å². The lowest BCUT2D eigenvalue weighted by Gasteiger charge is -2.40. The summed E-state index contributed by atoms with van der Waals surface area (Å²) in [5, 5.41) is 12.7. The van der Waals surface area contributed by atoms with E-state index in [1.807, 2.05) is 20.8 Å². The average Bonchev–Trinajstić information content (AvgIpc) is 2.54. The molecule has 2 fully saturated rings. The van der Waals surface area contributed by atoms with Crippen molar-refractivity contribution in [2.45, 2.75) is 44.7 Å². The maximum absolute atomic E-state index is 11.7. The molecule has 2 aliphatic heterocycles. The zero-order chi connectivity index (χ0) is 13.3. The Morgan fingerprint density at radius 2 is 2.00 bits per heavy atom. The number of hydrogen-bond donors (Lipinski definition) is 2. The van der Waals surface area contributed by atoms with Crippen molar-refractivity contribution in [1.82, 2.24) is 10.2 Å². The number of carbonyl (C=O) groups excluding carboxylic acids is 1. The molecule has 0 aromatic rings. The number of aliphatic hydroxyl groups excluding tert-OH is 1. The van der Waals surface area contributed by atoms with Crippen LogP contribution in [0.5, 0.6) is 0 Å². The zero-order valence-electron chi connectivity index (χ0n) is 11.2. The van der Waals surface area contributed by atoms with Crippen LogP contribution in [0, 0.1) is 0 Å². The molecular weight excluding hydrogens is 236 g/mol. The van der Waals surface area contributed by atoms with Crippen LogP contribution < -0.4 is 5.32 Å². The highest BCUT2D eigenvalue weighted by molar-refractivity contribution is 5.69. The Morgan fingerprint density at radius 3 is 2.50 bits per heavy atom. The van der Waals surface area contributed by atoms with Gasteiger partial charge in [0.25, 0.3) is 0 Å². The van der Waals surface area contributed by atoms with E-state index in [-0.39, 0.29) is 18.3 Å². The Hall–Kier alpha value is -0.850. The molecule has 0 saturated carbocycles. The van der Waals surface area contributed by atoms with E-state index in [9.17, 15) is 9.90 Å². The largest absolute Gasteiger partial charge is 0.444 e. The minimum Gasteiger partial charge on any atom is -0.444 e. The monoisotopic (exact) mass is 258 g/mol. The highest BCUT2D eigenvalue weighted by atomic mass is 16.6. The fraction of sp³-hybridized carbons (Fsp3) is 0.917. The Bertz CT molecular complexity index is 310. The smallest absolute Gasteiger partial charge is 0.410 e. The standard InChI is InChI=1S/C12H22N2O4/c1-12(2,3)18-11(16)14-6-8(7-14)17-10-5-13-4-9(10)15/h8-10,13,15H,4-7H2,1-3H3/t9-,10-/m0/s1. The third kappa shape index (κ3) is 3.34. The Kier molecular flexibility index (Phi) is 3.79. The molecule has 0 spiro atoms. The van der Waals surface area contributed by atoms with Crippen LogP contribution in [0.25, 0.3) is 0 Å². The summed E-state index contributed by atoms with van der Waals surface area (Å²) in [7, 11) is 0. The van der Waals surface area contributed by atoms with Crippen LogP contribution in [0.4, 0.5) is 4.79 Å². The summed E-state index contributed by atoms with van der Waals surface area (Å²) in [6.45, 7) is 7.87. The van der Waals surface area contributed by atoms with E-state index in [0.29, 0.717) is 26.2 Å². The molecule has 2 atom stereocenters. The SMILES string of the molecule is CC(C)(C)OC(=O)N1CC(O[C@H]2CNC[C@@H]2O)C1. The fourth-order valence-electron chi connectivity index (χ4n) is 2.03. The summed E-state index contributed by atoms with van der Waals surface area (Å²) in [6.07, 6.45) is -0.888. The molecule has 2 N–H and O–H groups in total. The Balaban J connectivity index is 1.69. The van der Waals surface area contributed by atoms with Gasteiger partial charge in [-0.2, -0.15) is 0 Å². The number of amides is 1. The van der Waals surface area contributed by atoms with Crippen molar-refractivity contribution in [3.05, 3.63) is 0 Å². The summed E-state index contributed by atoms with van der Waals surface area (Å²) in [6, 6.07) is 0. The fourth-order valence-corrected chi connectivity index (χ4v) is 2.03. The lowest BCUT2D eigenvalue weighted by Crippen LogP contribution is -2.57. The van der Waals surface area contributed by atoms with Crippen molar-refractivity contribution in [3.63, 3.8) is 0 Å². The van der Waals surface area contributed by atoms with Gasteiger partial charge in [0.2, 0.25) is 0 Å². The number of carbonyl (C=O) groups is 1. The van der Waals surface area contributed by atoms with Crippen molar-refractivity contribution < 1.29 is 19.4 Å². The molecule has 104 valence electrons. The molecule has 0 aromatic carbocycles. The van der Waals surface area contributed by atoms with Gasteiger partial charge >= 0.3 is 6.09 Å². The van der Waals surface area contributed by atoms with E-state index in [1.54, 1.807) is 4.90 Å². The van der Waals surface area contributed by atoms with Crippen LogP contribution in [0.1, 0.15) is 20.8 Å². The maximum atomic E-state index is 11.7. The third-order valence-electron chi connectivity index (χ3n) is 3.00. The van der Waals surface area contributed by atoms with Gasteiger partial charge in [0, 0.05) is 13.1 Å². The van der Waals surface area contributed by atoms with E-state index in [0.717, 1.165) is 0 Å². The number of rotatable bonds is 2. The number of aliphatic hydroxyl groups is 1. The molecule has 0 aliphatic carbocycles. The highest BCUT2D eigenvalue weighted by Gasteiger charge is 2.37. The van der Waals surface area contributed by atoms with Crippen LogP contribution in [-0.2, 0) is 9.47 Å². The van der Waals surface area contributed by atoms with E-state index in [1.165, 1.54) is 0 Å². The van der Waals surface area contributed by atoms with E-state index >= 15 is 0 Å². The first kappa shape index (κ1) is 13.6. The number of nitrogens with zero attached hydrogens (tertiary/aromatic N) is 1. The normalized spacial score (nSPS) is 29.2. The molecular formula is C12H22N2O4. The molecule has 1 amide bonds. The molecule has 0 bridgehead atoms. The van der Waals surface area contributed by atoms with Crippen molar-refractivity contribution in [3.8, 4) is 0 Å². The molecule has 0 aromatic heterocycles. The number of hydrogen-bond acceptors (Lipinski definition) is 5. The molecule has 2 rings (SSSR count). The maximum Gasteiger partial charge on any atom is 0.410 e. The van der Waals surface area contributed by atoms with Gasteiger partial charge in [-0.05, 0) is 20.8 Å². The van der Waals surface area contributed by atoms with E-state index in [2.05, 4.69) is 5.32 Å². The molecule has 2 aliphatic rings. The Morgan fingerprint density at radius 1 is 1.33 bits per heavy atom. The quantitative estimate of drug-likeness (QED) is 0.727. The summed E-state index contributed by atoms with van der Waals surface area (Å²) < 4.78 is 11.0. The van der Waals surface area contributed by atoms with Gasteiger partial charge < -0.3 is 24.8 Å². The minimum atomic E-state index is -0.464. The molecule has 6 nitrogen and oxygen atoms in total. The number of nitrogens with one attached hydrogen (secondary N) is 1. The lowest BCUT2D eigenvalue weighted by molar-refractivity contribution is -0.111. The van der Waals surface area contributed by atoms with Gasteiger partial charge in [0.15, 0.2) is 0 Å². The molecule has 18 heavy (non-hydrogen) atoms. The van der Waals surface area contributed by atoms with Gasteiger partial charge in [-0.3, -0.25) is 0 Å². The van der Waals surface area contributed by atoms with Crippen molar-refractivity contribution in [1.29, 1.82) is 0 Å². The van der Waals surface area contributed by atoms with E-state index in [4.69, 9.17) is 9.47 Å². The average molecular weight is 258 g/mol. The van der Waals surface area contributed by atoms with Gasteiger partial charge in [0.05, 0.1) is 31.4 Å². The molecule has 0 unspecified atom stereocenters. The van der Waals surface area contributed by atoms with Gasteiger partial charge in [-0.15, -0.1) is 0 Å². The first-order valence-corrected chi connectivity index (χ1v) is 6.37. The first-order chi connectivity index (χ1) is 8.35. The predicted octanol–water partition coefficient (Wildman–Crippen LogP) is -0.0450. The van der Waals surface area contributed by atoms with E-state index < -0.39 is 11.7 Å². The summed E-state index contributed by atoms with van der Waals surface area (Å²) in [5.41, 5.74) is -0.464. The van der Waals surface area contributed by atoms with Crippen LogP contribution in [0.2, 0.25) is 0 Å². The second-order valence-electron chi connectivity index (χ2n) is 5.91. The van der Waals surface area contributed by atoms with Crippen molar-refractivity contribution in [2.75, 3.05) is 26.2 Å². The number of ether oxygens (including phenoxy) is 2. The molecule has 6 heteroatoms. The third-order valence-corrected chi connectivity index (χ3v) is 3.00. The van der Waals surface area contributed by atoms with Gasteiger partial charge in [0.1, 0.15) is 5.60 Å². The van der Waals surface area contributed by atoms with Crippen LogP contribution in [-0.4, -0.2) is 66.2 Å². The first-order valence-electron chi connectivity index (χ1n) is 6.37. The predicted molar refractivity (Wildman–Crippen MR) is 65.3 cm³/mol. The second-order valence-corrected chi connectivity index (χ2v) is 5.91. The van der Waals surface area contributed by atoms with Crippen molar-refractivity contribution in [2.24, 2.45) is 0 Å². The summed E-state index contributed by atoms with van der Waals surface area (Å²) >= 11 is 0. The van der Waals surface area contributed by atoms with Gasteiger partial charge in [-0.1, -0.05) is 0 Å². The van der Waals surface area contributed by atoms with Crippen LogP contribution in [0.15, 0.2) is 0 Å². The molecule has 2 heterocycles. The lowest BCUT2D eigenvalue weighted by atomic mass is 10.1. The summed E-state index contributed by atoms with van der Waals surface area (Å²) in [5.74, 6) is 0. The van der Waals surface area contributed by atoms with Crippen LogP contribution >= 0.6 is 0 Å². The topological polar surface area (TPSA) is 71.0 Å².